The summed E-state index contributed by atoms with van der Waals surface area (Å²) in [5.41, 5.74) is 2.79. The highest BCUT2D eigenvalue weighted by Crippen LogP contribution is 2.59. The van der Waals surface area contributed by atoms with Gasteiger partial charge in [0.25, 0.3) is 0 Å². The second-order valence-corrected chi connectivity index (χ2v) is 5.61. The van der Waals surface area contributed by atoms with Gasteiger partial charge in [-0.05, 0) is 37.5 Å². The number of carbonyl (C=O) groups is 1. The van der Waals surface area contributed by atoms with Gasteiger partial charge in [-0.1, -0.05) is 0 Å². The van der Waals surface area contributed by atoms with Gasteiger partial charge in [-0.3, -0.25) is 4.79 Å². The van der Waals surface area contributed by atoms with Crippen LogP contribution < -0.4 is 5.48 Å². The maximum Gasteiger partial charge on any atom is 0.247 e. The van der Waals surface area contributed by atoms with Crippen LogP contribution in [0.3, 0.4) is 0 Å². The summed E-state index contributed by atoms with van der Waals surface area (Å²) >= 11 is 0. The maximum absolute atomic E-state index is 12.0. The van der Waals surface area contributed by atoms with E-state index in [-0.39, 0.29) is 23.5 Å². The Hall–Kier alpha value is -0.650. The Morgan fingerprint density at radius 1 is 1.22 bits per heavy atom. The van der Waals surface area contributed by atoms with Gasteiger partial charge in [-0.15, -0.1) is 0 Å². The van der Waals surface area contributed by atoms with Crippen molar-refractivity contribution < 1.29 is 19.1 Å². The molecule has 1 amide bonds. The third-order valence-electron chi connectivity index (χ3n) is 4.42. The lowest BCUT2D eigenvalue weighted by Crippen LogP contribution is -2.35. The summed E-state index contributed by atoms with van der Waals surface area (Å²) in [5, 5.41) is 0. The summed E-state index contributed by atoms with van der Waals surface area (Å²) in [5.74, 6) is 0.135. The number of hydroxylamine groups is 1. The molecule has 3 rings (SSSR count). The lowest BCUT2D eigenvalue weighted by molar-refractivity contribution is -0.201. The van der Waals surface area contributed by atoms with Gasteiger partial charge in [0.1, 0.15) is 0 Å². The Labute approximate surface area is 107 Å². The van der Waals surface area contributed by atoms with E-state index in [1.807, 2.05) is 0 Å². The molecule has 5 heteroatoms. The molecule has 1 saturated carbocycles. The van der Waals surface area contributed by atoms with E-state index in [1.165, 1.54) is 0 Å². The van der Waals surface area contributed by atoms with E-state index in [4.69, 9.17) is 14.3 Å². The molecule has 1 N–H and O–H groups in total. The first-order valence-electron chi connectivity index (χ1n) is 6.95. The second kappa shape index (κ2) is 5.15. The molecule has 5 nitrogen and oxygen atoms in total. The van der Waals surface area contributed by atoms with Crippen molar-refractivity contribution in [2.45, 2.75) is 44.8 Å². The average Bonchev–Trinajstić information content (AvgIpc) is 3.12. The summed E-state index contributed by atoms with van der Waals surface area (Å²) in [4.78, 5) is 17.3. The van der Waals surface area contributed by atoms with Crippen molar-refractivity contribution in [3.63, 3.8) is 0 Å². The van der Waals surface area contributed by atoms with Crippen LogP contribution in [0.5, 0.6) is 0 Å². The number of carbonyl (C=O) groups excluding carboxylic acids is 1. The van der Waals surface area contributed by atoms with Crippen LogP contribution in [0.2, 0.25) is 0 Å². The summed E-state index contributed by atoms with van der Waals surface area (Å²) < 4.78 is 10.8. The summed E-state index contributed by atoms with van der Waals surface area (Å²) in [7, 11) is 0. The third-order valence-corrected chi connectivity index (χ3v) is 4.42. The zero-order chi connectivity index (χ0) is 12.4. The predicted molar refractivity (Wildman–Crippen MR) is 63.4 cm³/mol. The van der Waals surface area contributed by atoms with Crippen molar-refractivity contribution >= 4 is 5.91 Å². The van der Waals surface area contributed by atoms with Crippen LogP contribution in [0.4, 0.5) is 0 Å². The van der Waals surface area contributed by atoms with Gasteiger partial charge in [0.05, 0.1) is 0 Å². The van der Waals surface area contributed by atoms with Crippen LogP contribution in [0.25, 0.3) is 0 Å². The molecular formula is C13H21NO4. The number of hydrogen-bond acceptors (Lipinski definition) is 4. The second-order valence-electron chi connectivity index (χ2n) is 5.61. The molecule has 0 radical (unpaired) electrons. The van der Waals surface area contributed by atoms with Crippen molar-refractivity contribution in [2.24, 2.45) is 11.3 Å². The molecule has 2 saturated heterocycles. The van der Waals surface area contributed by atoms with Crippen LogP contribution >= 0.6 is 0 Å². The molecule has 3 aliphatic rings. The van der Waals surface area contributed by atoms with Crippen molar-refractivity contribution in [3.05, 3.63) is 0 Å². The van der Waals surface area contributed by atoms with Crippen LogP contribution in [0.1, 0.15) is 38.5 Å². The summed E-state index contributed by atoms with van der Waals surface area (Å²) in [6, 6.07) is 0. The van der Waals surface area contributed by atoms with Crippen molar-refractivity contribution in [3.8, 4) is 0 Å². The average molecular weight is 255 g/mol. The molecule has 3 fully saturated rings. The lowest BCUT2D eigenvalue weighted by atomic mass is 9.94. The van der Waals surface area contributed by atoms with E-state index >= 15 is 0 Å². The quantitative estimate of drug-likeness (QED) is 0.774. The SMILES string of the molecule is O=C(NO[C@@H]1CCCCO1)[C@@H]1CC12CCOCC2. The molecule has 1 aliphatic carbocycles. The van der Waals surface area contributed by atoms with Gasteiger partial charge in [-0.2, -0.15) is 0 Å². The molecule has 2 aliphatic heterocycles. The standard InChI is InChI=1S/C13H21NO4/c15-12(14-18-11-3-1-2-6-17-11)10-9-13(10)4-7-16-8-5-13/h10-11H,1-9H2,(H,14,15)/t10-,11+/m0/s1. The molecule has 0 aromatic heterocycles. The topological polar surface area (TPSA) is 56.8 Å². The first-order chi connectivity index (χ1) is 8.80. The highest BCUT2D eigenvalue weighted by molar-refractivity contribution is 5.81. The fourth-order valence-corrected chi connectivity index (χ4v) is 3.05. The minimum atomic E-state index is -0.257. The van der Waals surface area contributed by atoms with Crippen molar-refractivity contribution in [1.82, 2.24) is 5.48 Å². The van der Waals surface area contributed by atoms with Crippen LogP contribution in [0, 0.1) is 11.3 Å². The molecule has 0 aromatic carbocycles. The van der Waals surface area contributed by atoms with Gasteiger partial charge in [-0.25, -0.2) is 10.3 Å². The maximum atomic E-state index is 12.0. The largest absolute Gasteiger partial charge is 0.381 e. The van der Waals surface area contributed by atoms with Crippen LogP contribution in [0.15, 0.2) is 0 Å². The van der Waals surface area contributed by atoms with E-state index < -0.39 is 0 Å². The number of hydrogen-bond donors (Lipinski definition) is 1. The third kappa shape index (κ3) is 2.53. The van der Waals surface area contributed by atoms with E-state index in [9.17, 15) is 4.79 Å². The molecule has 0 bridgehead atoms. The first-order valence-corrected chi connectivity index (χ1v) is 6.95. The summed E-state index contributed by atoms with van der Waals surface area (Å²) in [6.45, 7) is 2.30. The van der Waals surface area contributed by atoms with Crippen LogP contribution in [-0.4, -0.2) is 32.0 Å². The minimum absolute atomic E-state index is 0.0195. The van der Waals surface area contributed by atoms with E-state index in [1.54, 1.807) is 0 Å². The fourth-order valence-electron chi connectivity index (χ4n) is 3.05. The number of ether oxygens (including phenoxy) is 2. The molecule has 18 heavy (non-hydrogen) atoms. The molecule has 2 atom stereocenters. The lowest BCUT2D eigenvalue weighted by Gasteiger charge is -2.24. The molecule has 2 heterocycles. The molecule has 0 unspecified atom stereocenters. The zero-order valence-corrected chi connectivity index (χ0v) is 10.7. The number of rotatable bonds is 3. The highest BCUT2D eigenvalue weighted by Gasteiger charge is 2.58. The molecule has 0 aromatic rings. The predicted octanol–water partition coefficient (Wildman–Crippen LogP) is 1.38. The van der Waals surface area contributed by atoms with Crippen molar-refractivity contribution in [2.75, 3.05) is 19.8 Å². The summed E-state index contributed by atoms with van der Waals surface area (Å²) in [6.07, 6.45) is 5.79. The Bertz CT molecular complexity index is 308. The van der Waals surface area contributed by atoms with Gasteiger partial charge in [0, 0.05) is 32.2 Å². The van der Waals surface area contributed by atoms with Gasteiger partial charge < -0.3 is 9.47 Å². The van der Waals surface area contributed by atoms with Crippen molar-refractivity contribution in [1.29, 1.82) is 0 Å². The minimum Gasteiger partial charge on any atom is -0.381 e. The zero-order valence-electron chi connectivity index (χ0n) is 10.7. The monoisotopic (exact) mass is 255 g/mol. The molecule has 1 spiro atoms. The first kappa shape index (κ1) is 12.4. The number of amides is 1. The van der Waals surface area contributed by atoms with Crippen LogP contribution in [-0.2, 0) is 19.1 Å². The number of nitrogens with one attached hydrogen (secondary N) is 1. The van der Waals surface area contributed by atoms with E-state index in [2.05, 4.69) is 5.48 Å². The van der Waals surface area contributed by atoms with E-state index in [0.717, 1.165) is 58.3 Å². The highest BCUT2D eigenvalue weighted by atomic mass is 16.8. The smallest absolute Gasteiger partial charge is 0.247 e. The van der Waals surface area contributed by atoms with E-state index in [0.29, 0.717) is 0 Å². The van der Waals surface area contributed by atoms with Gasteiger partial charge >= 0.3 is 0 Å². The Balaban J connectivity index is 1.42. The van der Waals surface area contributed by atoms with Gasteiger partial charge in [0.15, 0.2) is 6.29 Å². The van der Waals surface area contributed by atoms with Gasteiger partial charge in [0.2, 0.25) is 5.91 Å². The molecule has 102 valence electrons. The molecular weight excluding hydrogens is 234 g/mol. The Kier molecular flexibility index (Phi) is 3.54. The Morgan fingerprint density at radius 3 is 2.78 bits per heavy atom. The normalized spacial score (nSPS) is 34.2. The Morgan fingerprint density at radius 2 is 2.06 bits per heavy atom. The fraction of sp³-hybridized carbons (Fsp3) is 0.923.